The number of carbonyl (C=O) groups is 10. The highest BCUT2D eigenvalue weighted by Gasteiger charge is 2.42. The molecule has 8 amide bonds. The molecule has 84 heavy (non-hydrogen) atoms. The number of carbonyl (C=O) groups excluding carboxylic acids is 10. The molecule has 10 rings (SSSR count). The maximum atomic E-state index is 14.0. The number of imide groups is 4. The average molecular weight is 1150 g/mol. The molecule has 0 aliphatic carbocycles. The summed E-state index contributed by atoms with van der Waals surface area (Å²) in [7, 11) is 3.12. The van der Waals surface area contributed by atoms with Gasteiger partial charge in [0.15, 0.2) is 0 Å². The maximum Gasteiger partial charge on any atom is 0.338 e. The van der Waals surface area contributed by atoms with Gasteiger partial charge < -0.3 is 42.6 Å². The normalized spacial score (nSPS) is 14.4. The number of pyridine rings is 1. The molecule has 0 N–H and O–H groups in total. The van der Waals surface area contributed by atoms with Crippen molar-refractivity contribution in [3.8, 4) is 5.75 Å². The van der Waals surface area contributed by atoms with E-state index in [9.17, 15) is 47.9 Å². The lowest BCUT2D eigenvalue weighted by molar-refractivity contribution is 0.0188. The molecule has 0 unspecified atom stereocenters. The van der Waals surface area contributed by atoms with Crippen LogP contribution < -0.4 is 4.74 Å². The Balaban J connectivity index is 0.778. The van der Waals surface area contributed by atoms with Crippen LogP contribution in [0.1, 0.15) is 109 Å². The van der Waals surface area contributed by atoms with Crippen LogP contribution in [0.4, 0.5) is 0 Å². The minimum absolute atomic E-state index is 0.00753. The highest BCUT2D eigenvalue weighted by atomic mass is 16.6. The molecular formula is C60H55N5O19. The third kappa shape index (κ3) is 11.6. The van der Waals surface area contributed by atoms with Crippen LogP contribution in [0.5, 0.6) is 5.75 Å². The zero-order valence-electron chi connectivity index (χ0n) is 45.7. The number of amides is 8. The summed E-state index contributed by atoms with van der Waals surface area (Å²) >= 11 is 0. The number of nitrogens with zero attached hydrogens (tertiary/aromatic N) is 5. The second-order valence-electron chi connectivity index (χ2n) is 19.3. The molecule has 4 aliphatic rings. The Labute approximate surface area is 478 Å². The number of esters is 2. The van der Waals surface area contributed by atoms with E-state index >= 15 is 0 Å². The largest absolute Gasteiger partial charge is 0.489 e. The van der Waals surface area contributed by atoms with Crippen molar-refractivity contribution in [3.63, 3.8) is 0 Å². The molecule has 5 heterocycles. The van der Waals surface area contributed by atoms with Crippen LogP contribution in [0.2, 0.25) is 0 Å². The van der Waals surface area contributed by atoms with E-state index in [1.54, 1.807) is 38.7 Å². The average Bonchev–Trinajstić information content (AvgIpc) is 0.952. The second kappa shape index (κ2) is 26.0. The van der Waals surface area contributed by atoms with Crippen molar-refractivity contribution >= 4 is 80.7 Å². The van der Waals surface area contributed by atoms with E-state index in [0.29, 0.717) is 45.2 Å². The molecule has 24 nitrogen and oxygen atoms in total. The Morgan fingerprint density at radius 1 is 0.369 bits per heavy atom. The van der Waals surface area contributed by atoms with Gasteiger partial charge in [-0.3, -0.25) is 62.9 Å². The van der Waals surface area contributed by atoms with Gasteiger partial charge in [-0.05, 0) is 84.4 Å². The first-order valence-electron chi connectivity index (χ1n) is 26.8. The van der Waals surface area contributed by atoms with E-state index in [1.165, 1.54) is 66.7 Å². The molecule has 5 aromatic carbocycles. The van der Waals surface area contributed by atoms with Gasteiger partial charge >= 0.3 is 11.9 Å². The maximum absolute atomic E-state index is 14.0. The first kappa shape index (κ1) is 58.0. The molecular weight excluding hydrogens is 1090 g/mol. The van der Waals surface area contributed by atoms with E-state index in [0.717, 1.165) is 19.6 Å². The molecule has 0 saturated carbocycles. The molecule has 0 bridgehead atoms. The van der Waals surface area contributed by atoms with Crippen LogP contribution in [0.15, 0.2) is 91.3 Å². The van der Waals surface area contributed by atoms with Crippen LogP contribution in [-0.4, -0.2) is 203 Å². The zero-order valence-corrected chi connectivity index (χ0v) is 45.7. The monoisotopic (exact) mass is 1150 g/mol. The summed E-state index contributed by atoms with van der Waals surface area (Å²) < 4.78 is 48.9. The van der Waals surface area contributed by atoms with Crippen LogP contribution in [0.25, 0.3) is 21.5 Å². The van der Waals surface area contributed by atoms with Gasteiger partial charge in [0.25, 0.3) is 47.3 Å². The fourth-order valence-electron chi connectivity index (χ4n) is 10.2. The van der Waals surface area contributed by atoms with Crippen molar-refractivity contribution in [3.05, 3.63) is 152 Å². The minimum atomic E-state index is -0.972. The van der Waals surface area contributed by atoms with E-state index in [4.69, 9.17) is 42.6 Å². The molecule has 0 atom stereocenters. The van der Waals surface area contributed by atoms with Crippen molar-refractivity contribution in [2.75, 3.05) is 120 Å². The zero-order chi connectivity index (χ0) is 59.0. The molecule has 24 heteroatoms. The van der Waals surface area contributed by atoms with Gasteiger partial charge in [-0.15, -0.1) is 0 Å². The van der Waals surface area contributed by atoms with E-state index in [1.807, 2.05) is 0 Å². The number of ether oxygens (including phenoxy) is 9. The number of rotatable bonds is 29. The molecule has 0 fully saturated rings. The number of hydrogen-bond acceptors (Lipinski definition) is 20. The first-order valence-corrected chi connectivity index (χ1v) is 26.8. The molecule has 0 radical (unpaired) electrons. The van der Waals surface area contributed by atoms with Gasteiger partial charge in [-0.25, -0.2) is 9.59 Å². The van der Waals surface area contributed by atoms with E-state index < -0.39 is 85.5 Å². The lowest BCUT2D eigenvalue weighted by Gasteiger charge is -2.31. The molecule has 434 valence electrons. The first-order chi connectivity index (χ1) is 40.8. The van der Waals surface area contributed by atoms with Crippen LogP contribution in [0.3, 0.4) is 0 Å². The highest BCUT2D eigenvalue weighted by molar-refractivity contribution is 6.34. The Bertz CT molecular complexity index is 3310. The van der Waals surface area contributed by atoms with Crippen molar-refractivity contribution in [2.24, 2.45) is 0 Å². The molecule has 0 spiro atoms. The molecule has 6 aromatic rings. The Kier molecular flexibility index (Phi) is 17.9. The van der Waals surface area contributed by atoms with Crippen molar-refractivity contribution < 1.29 is 90.6 Å². The Hall–Kier alpha value is -9.17. The number of benzene rings is 5. The summed E-state index contributed by atoms with van der Waals surface area (Å²) in [6, 6.07) is 18.6. The van der Waals surface area contributed by atoms with Crippen molar-refractivity contribution in [1.82, 2.24) is 24.6 Å². The predicted molar refractivity (Wildman–Crippen MR) is 292 cm³/mol. The summed E-state index contributed by atoms with van der Waals surface area (Å²) in [6.07, 6.45) is 3.11. The van der Waals surface area contributed by atoms with Crippen LogP contribution in [-0.2, 0) is 44.5 Å². The lowest BCUT2D eigenvalue weighted by Crippen LogP contribution is -2.45. The van der Waals surface area contributed by atoms with Gasteiger partial charge in [0.1, 0.15) is 25.6 Å². The fraction of sp³-hybridized carbons (Fsp3) is 0.317. The van der Waals surface area contributed by atoms with Gasteiger partial charge in [-0.2, -0.15) is 0 Å². The smallest absolute Gasteiger partial charge is 0.338 e. The van der Waals surface area contributed by atoms with Gasteiger partial charge in [0, 0.05) is 92.7 Å². The summed E-state index contributed by atoms with van der Waals surface area (Å²) in [5.41, 5.74) is 1.11. The number of methoxy groups -OCH3 is 2. The number of aromatic nitrogens is 1. The SMILES string of the molecule is COCCOCCOCCN1C(=O)c2ccc3c4c(ccc(c24)C1=O)C(=O)N(CCOC(=O)c1cc(OCc2ccncc2)cc(C(=O)OCCN2C(=O)c4ccc5c6c(ccc(c46)C2=O)C(=O)N(CCOCCOCCOC)C5=O)c1)C3=O. The van der Waals surface area contributed by atoms with E-state index in [2.05, 4.69) is 4.98 Å². The minimum Gasteiger partial charge on any atom is -0.489 e. The van der Waals surface area contributed by atoms with E-state index in [-0.39, 0.29) is 129 Å². The topological polar surface area (TPSA) is 280 Å². The van der Waals surface area contributed by atoms with Crippen LogP contribution >= 0.6 is 0 Å². The third-order valence-corrected chi connectivity index (χ3v) is 14.3. The summed E-state index contributed by atoms with van der Waals surface area (Å²) in [4.78, 5) is 146. The third-order valence-electron chi connectivity index (χ3n) is 14.3. The Morgan fingerprint density at radius 2 is 0.655 bits per heavy atom. The predicted octanol–water partition coefficient (Wildman–Crippen LogP) is 4.42. The second-order valence-corrected chi connectivity index (χ2v) is 19.3. The highest BCUT2D eigenvalue weighted by Crippen LogP contribution is 2.40. The van der Waals surface area contributed by atoms with Gasteiger partial charge in [0.2, 0.25) is 0 Å². The number of hydrogen-bond donors (Lipinski definition) is 0. The fourth-order valence-corrected chi connectivity index (χ4v) is 10.2. The molecule has 0 saturated heterocycles. The molecule has 1 aromatic heterocycles. The summed E-state index contributed by atoms with van der Waals surface area (Å²) in [5.74, 6) is -7.35. The van der Waals surface area contributed by atoms with Crippen molar-refractivity contribution in [1.29, 1.82) is 0 Å². The Morgan fingerprint density at radius 3 is 0.964 bits per heavy atom. The summed E-state index contributed by atoms with van der Waals surface area (Å²) in [5, 5.41) is 0.669. The lowest BCUT2D eigenvalue weighted by atomic mass is 9.86. The standard InChI is InChI=1S/C60H55N5O19/c1-76-23-25-80-29-27-78-19-15-62-51(66)39-3-7-43-49-44(8-4-40(47(39)49)52(62)67)56(71)64(55(43)70)17-21-82-59(74)36-31-37(33-38(32-36)84-34-35-11-13-61-14-12-35)60(75)83-22-18-65-57(72)45-9-5-41-48-42(6-10-46(50(45)48)58(65)73)54(69)63(53(41)68)16-20-79-28-30-81-26-24-77-2/h3-14,31-33H,15-30,34H2,1-2H3. The van der Waals surface area contributed by atoms with Gasteiger partial charge in [-0.1, -0.05) is 0 Å². The molecule has 4 aliphatic heterocycles. The summed E-state index contributed by atoms with van der Waals surface area (Å²) in [6.45, 7) is 0.875. The van der Waals surface area contributed by atoms with Gasteiger partial charge in [0.05, 0.1) is 103 Å². The van der Waals surface area contributed by atoms with Crippen molar-refractivity contribution in [2.45, 2.75) is 6.61 Å². The quantitative estimate of drug-likeness (QED) is 0.0357. The van der Waals surface area contributed by atoms with Crippen LogP contribution in [0, 0.1) is 0 Å².